The molecule has 2 aromatic rings. The molecule has 4 rings (SSSR count). The molecule has 0 radical (unpaired) electrons. The molecule has 2 fully saturated rings. The number of alkyl halides is 3. The molecule has 1 N–H and O–H groups in total. The lowest BCUT2D eigenvalue weighted by atomic mass is 9.71. The molecular weight excluding hydrogens is 443 g/mol. The second-order valence-corrected chi connectivity index (χ2v) is 9.12. The molecule has 0 aromatic carbocycles. The third-order valence-corrected chi connectivity index (χ3v) is 6.97. The largest absolute Gasteiger partial charge is 0.490 e. The van der Waals surface area contributed by atoms with Crippen molar-refractivity contribution in [3.63, 3.8) is 0 Å². The number of likely N-dealkylation sites (tertiary alicyclic amines) is 2. The molecule has 10 heteroatoms. The van der Waals surface area contributed by atoms with Crippen molar-refractivity contribution in [2.75, 3.05) is 26.2 Å². The highest BCUT2D eigenvalue weighted by atomic mass is 32.1. The number of piperidine rings is 2. The van der Waals surface area contributed by atoms with Crippen LogP contribution in [-0.4, -0.2) is 64.1 Å². The number of carboxylic acids is 1. The maximum Gasteiger partial charge on any atom is 0.490 e. The lowest BCUT2D eigenvalue weighted by Gasteiger charge is -2.46. The Balaban J connectivity index is 0.000000360. The van der Waals surface area contributed by atoms with Gasteiger partial charge < -0.3 is 10.0 Å². The van der Waals surface area contributed by atoms with Crippen molar-refractivity contribution in [2.24, 2.45) is 5.41 Å². The van der Waals surface area contributed by atoms with E-state index in [2.05, 4.69) is 26.9 Å². The van der Waals surface area contributed by atoms with Crippen LogP contribution in [-0.2, 0) is 11.3 Å². The Kier molecular flexibility index (Phi) is 7.89. The van der Waals surface area contributed by atoms with Crippen molar-refractivity contribution in [2.45, 2.75) is 38.4 Å². The van der Waals surface area contributed by atoms with E-state index < -0.39 is 12.1 Å². The molecule has 0 unspecified atom stereocenters. The Hall–Kier alpha value is -2.46. The maximum absolute atomic E-state index is 12.5. The zero-order valence-corrected chi connectivity index (χ0v) is 18.4. The van der Waals surface area contributed by atoms with Crippen LogP contribution in [0.2, 0.25) is 0 Å². The van der Waals surface area contributed by atoms with Gasteiger partial charge in [0, 0.05) is 25.8 Å². The van der Waals surface area contributed by atoms with E-state index >= 15 is 0 Å². The van der Waals surface area contributed by atoms with Crippen molar-refractivity contribution in [3.8, 4) is 0 Å². The number of nitrogens with zero attached hydrogens (tertiary/aromatic N) is 3. The topological polar surface area (TPSA) is 73.7 Å². The minimum Gasteiger partial charge on any atom is -0.475 e. The first-order valence-electron chi connectivity index (χ1n) is 10.4. The second-order valence-electron chi connectivity index (χ2n) is 8.17. The normalized spacial score (nSPS) is 18.7. The summed E-state index contributed by atoms with van der Waals surface area (Å²) in [6.45, 7) is 5.08. The van der Waals surface area contributed by atoms with Crippen LogP contribution in [0.3, 0.4) is 0 Å². The molecule has 174 valence electrons. The number of hydrogen-bond acceptors (Lipinski definition) is 5. The van der Waals surface area contributed by atoms with Gasteiger partial charge in [0.25, 0.3) is 5.91 Å². The summed E-state index contributed by atoms with van der Waals surface area (Å²) in [5.41, 5.74) is 1.61. The molecule has 2 saturated heterocycles. The summed E-state index contributed by atoms with van der Waals surface area (Å²) in [6.07, 6.45) is 1.60. The fourth-order valence-electron chi connectivity index (χ4n) is 4.15. The molecule has 4 heterocycles. The number of thiophene rings is 1. The summed E-state index contributed by atoms with van der Waals surface area (Å²) < 4.78 is 31.7. The number of aromatic nitrogens is 1. The van der Waals surface area contributed by atoms with Crippen LogP contribution in [0.1, 0.15) is 41.0 Å². The fraction of sp³-hybridized carbons (Fsp3) is 0.500. The van der Waals surface area contributed by atoms with Crippen LogP contribution < -0.4 is 0 Å². The average Bonchev–Trinajstić information content (AvgIpc) is 3.31. The smallest absolute Gasteiger partial charge is 0.475 e. The first kappa shape index (κ1) is 24.2. The number of pyridine rings is 1. The van der Waals surface area contributed by atoms with Crippen LogP contribution in [0.4, 0.5) is 13.2 Å². The summed E-state index contributed by atoms with van der Waals surface area (Å²) in [7, 11) is 0. The molecule has 0 aliphatic carbocycles. The van der Waals surface area contributed by atoms with Crippen molar-refractivity contribution in [1.29, 1.82) is 0 Å². The lowest BCUT2D eigenvalue weighted by Crippen LogP contribution is -2.48. The summed E-state index contributed by atoms with van der Waals surface area (Å²) >= 11 is 1.55. The number of carbonyl (C=O) groups is 2. The van der Waals surface area contributed by atoms with Crippen LogP contribution in [0.25, 0.3) is 0 Å². The van der Waals surface area contributed by atoms with E-state index in [1.807, 2.05) is 29.8 Å². The van der Waals surface area contributed by atoms with Crippen molar-refractivity contribution in [3.05, 3.63) is 52.5 Å². The van der Waals surface area contributed by atoms with E-state index in [1.165, 1.54) is 12.8 Å². The van der Waals surface area contributed by atoms with Gasteiger partial charge in [0.2, 0.25) is 0 Å². The minimum absolute atomic E-state index is 0.220. The Morgan fingerprint density at radius 1 is 1.03 bits per heavy atom. The third-order valence-electron chi connectivity index (χ3n) is 6.11. The molecule has 0 atom stereocenters. The van der Waals surface area contributed by atoms with Gasteiger partial charge in [0.1, 0.15) is 0 Å². The first-order valence-corrected chi connectivity index (χ1v) is 11.3. The molecule has 0 bridgehead atoms. The number of amides is 1. The average molecular weight is 470 g/mol. The number of carbonyl (C=O) groups excluding carboxylic acids is 1. The quantitative estimate of drug-likeness (QED) is 0.726. The Morgan fingerprint density at radius 2 is 1.66 bits per heavy atom. The molecule has 2 aliphatic heterocycles. The van der Waals surface area contributed by atoms with Crippen LogP contribution in [0, 0.1) is 5.41 Å². The zero-order chi connectivity index (χ0) is 23.2. The van der Waals surface area contributed by atoms with E-state index in [-0.39, 0.29) is 5.91 Å². The molecule has 32 heavy (non-hydrogen) atoms. The molecule has 2 aromatic heterocycles. The highest BCUT2D eigenvalue weighted by Gasteiger charge is 2.39. The van der Waals surface area contributed by atoms with E-state index in [9.17, 15) is 18.0 Å². The molecule has 0 saturated carbocycles. The predicted octanol–water partition coefficient (Wildman–Crippen LogP) is 4.29. The van der Waals surface area contributed by atoms with Gasteiger partial charge in [-0.05, 0) is 67.8 Å². The highest BCUT2D eigenvalue weighted by Crippen LogP contribution is 2.41. The van der Waals surface area contributed by atoms with Gasteiger partial charge in [-0.1, -0.05) is 12.1 Å². The molecule has 1 amide bonds. The van der Waals surface area contributed by atoms with Crippen molar-refractivity contribution in [1.82, 2.24) is 14.8 Å². The first-order chi connectivity index (χ1) is 15.2. The van der Waals surface area contributed by atoms with Gasteiger partial charge in [-0.3, -0.25) is 14.7 Å². The standard InChI is InChI=1S/C20H25N3OS.C2HF3O2/c24-19(18-5-3-15-25-18)23-13-8-20(9-14-23)6-11-22(12-7-20)16-17-4-1-2-10-21-17;3-2(4,5)1(6)7/h1-5,10,15H,6-9,11-14,16H2;(H,6,7). The van der Waals surface area contributed by atoms with E-state index in [1.54, 1.807) is 11.3 Å². The Labute approximate surface area is 188 Å². The van der Waals surface area contributed by atoms with Crippen LogP contribution in [0.5, 0.6) is 0 Å². The Bertz CT molecular complexity index is 873. The van der Waals surface area contributed by atoms with Gasteiger partial charge >= 0.3 is 12.1 Å². The molecule has 1 spiro atoms. The molecular formula is C22H26F3N3O3S. The van der Waals surface area contributed by atoms with E-state index in [4.69, 9.17) is 9.90 Å². The zero-order valence-electron chi connectivity index (χ0n) is 17.6. The van der Waals surface area contributed by atoms with E-state index in [0.29, 0.717) is 5.41 Å². The summed E-state index contributed by atoms with van der Waals surface area (Å²) in [5.74, 6) is -2.54. The van der Waals surface area contributed by atoms with Gasteiger partial charge in [-0.25, -0.2) is 4.79 Å². The predicted molar refractivity (Wildman–Crippen MR) is 114 cm³/mol. The Morgan fingerprint density at radius 3 is 2.16 bits per heavy atom. The monoisotopic (exact) mass is 469 g/mol. The summed E-state index contributed by atoms with van der Waals surface area (Å²) in [6, 6.07) is 10.0. The molecule has 2 aliphatic rings. The van der Waals surface area contributed by atoms with Crippen molar-refractivity contribution < 1.29 is 27.9 Å². The third kappa shape index (κ3) is 6.52. The van der Waals surface area contributed by atoms with Gasteiger partial charge in [0.05, 0.1) is 10.6 Å². The minimum atomic E-state index is -5.08. The number of halogens is 3. The molecule has 6 nitrogen and oxygen atoms in total. The van der Waals surface area contributed by atoms with E-state index in [0.717, 1.165) is 56.1 Å². The van der Waals surface area contributed by atoms with Gasteiger partial charge in [0.15, 0.2) is 0 Å². The summed E-state index contributed by atoms with van der Waals surface area (Å²) in [4.78, 5) is 31.3. The maximum atomic E-state index is 12.5. The number of aliphatic carboxylic acids is 1. The summed E-state index contributed by atoms with van der Waals surface area (Å²) in [5, 5.41) is 9.11. The fourth-order valence-corrected chi connectivity index (χ4v) is 4.84. The van der Waals surface area contributed by atoms with Crippen molar-refractivity contribution >= 4 is 23.2 Å². The van der Waals surface area contributed by atoms with Gasteiger partial charge in [-0.2, -0.15) is 13.2 Å². The number of rotatable bonds is 3. The van der Waals surface area contributed by atoms with Crippen LogP contribution >= 0.6 is 11.3 Å². The number of hydrogen-bond donors (Lipinski definition) is 1. The highest BCUT2D eigenvalue weighted by molar-refractivity contribution is 7.12. The number of carboxylic acid groups (broad SMARTS) is 1. The lowest BCUT2D eigenvalue weighted by molar-refractivity contribution is -0.192. The van der Waals surface area contributed by atoms with Gasteiger partial charge in [-0.15, -0.1) is 11.3 Å². The van der Waals surface area contributed by atoms with Crippen LogP contribution in [0.15, 0.2) is 41.9 Å². The second kappa shape index (κ2) is 10.4. The SMILES string of the molecule is O=C(O)C(F)(F)F.O=C(c1cccs1)N1CCC2(CCN(Cc3ccccn3)CC2)CC1.